The number of hydrogen-bond donors (Lipinski definition) is 1. The van der Waals surface area contributed by atoms with Gasteiger partial charge in [-0.1, -0.05) is 6.07 Å². The SMILES string of the molecule is Cc1ccc(NC(=O)C2CC2(Cl)Cl)cc1[N+](=O)[O-]. The summed E-state index contributed by atoms with van der Waals surface area (Å²) in [4.78, 5) is 22.0. The molecular weight excluding hydrogens is 279 g/mol. The Balaban J connectivity index is 2.13. The van der Waals surface area contributed by atoms with Crippen LogP contribution in [0.4, 0.5) is 11.4 Å². The van der Waals surface area contributed by atoms with Gasteiger partial charge in [-0.05, 0) is 19.4 Å². The fourth-order valence-electron chi connectivity index (χ4n) is 1.61. The van der Waals surface area contributed by atoms with Gasteiger partial charge in [0, 0.05) is 17.3 Å². The van der Waals surface area contributed by atoms with Crippen molar-refractivity contribution < 1.29 is 9.72 Å². The molecule has 1 aromatic carbocycles. The minimum absolute atomic E-state index is 0.0355. The summed E-state index contributed by atoms with van der Waals surface area (Å²) in [6, 6.07) is 4.50. The number of benzene rings is 1. The molecule has 96 valence electrons. The fraction of sp³-hybridized carbons (Fsp3) is 0.364. The van der Waals surface area contributed by atoms with Crippen molar-refractivity contribution in [1.29, 1.82) is 0 Å². The van der Waals surface area contributed by atoms with E-state index in [-0.39, 0.29) is 11.6 Å². The predicted octanol–water partition coefficient (Wildman–Crippen LogP) is 3.04. The van der Waals surface area contributed by atoms with Crippen molar-refractivity contribution in [1.82, 2.24) is 0 Å². The summed E-state index contributed by atoms with van der Waals surface area (Å²) in [5.41, 5.74) is 0.869. The summed E-state index contributed by atoms with van der Waals surface area (Å²) >= 11 is 11.5. The van der Waals surface area contributed by atoms with E-state index < -0.39 is 15.2 Å². The van der Waals surface area contributed by atoms with Crippen molar-refractivity contribution in [3.63, 3.8) is 0 Å². The van der Waals surface area contributed by atoms with Crippen LogP contribution in [0.2, 0.25) is 0 Å². The van der Waals surface area contributed by atoms with Crippen LogP contribution in [0.25, 0.3) is 0 Å². The molecule has 5 nitrogen and oxygen atoms in total. The third-order valence-electron chi connectivity index (χ3n) is 2.82. The van der Waals surface area contributed by atoms with E-state index >= 15 is 0 Å². The second-order valence-corrected chi connectivity index (χ2v) is 5.81. The number of nitro benzene ring substituents is 1. The summed E-state index contributed by atoms with van der Waals surface area (Å²) in [7, 11) is 0. The number of alkyl halides is 2. The maximum Gasteiger partial charge on any atom is 0.274 e. The average molecular weight is 289 g/mol. The van der Waals surface area contributed by atoms with E-state index in [1.165, 1.54) is 6.07 Å². The minimum atomic E-state index is -0.999. The van der Waals surface area contributed by atoms with Crippen molar-refractivity contribution in [3.05, 3.63) is 33.9 Å². The second kappa shape index (κ2) is 4.40. The molecule has 0 heterocycles. The van der Waals surface area contributed by atoms with Crippen LogP contribution < -0.4 is 5.32 Å². The zero-order valence-electron chi connectivity index (χ0n) is 9.44. The molecule has 1 fully saturated rings. The van der Waals surface area contributed by atoms with Crippen LogP contribution in [0, 0.1) is 23.0 Å². The number of nitrogens with one attached hydrogen (secondary N) is 1. The van der Waals surface area contributed by atoms with Gasteiger partial charge >= 0.3 is 0 Å². The van der Waals surface area contributed by atoms with Gasteiger partial charge in [0.25, 0.3) is 5.69 Å². The lowest BCUT2D eigenvalue weighted by Gasteiger charge is -2.06. The number of nitrogens with zero attached hydrogens (tertiary/aromatic N) is 1. The first-order valence-electron chi connectivity index (χ1n) is 5.25. The van der Waals surface area contributed by atoms with Crippen molar-refractivity contribution in [2.75, 3.05) is 5.32 Å². The predicted molar refractivity (Wildman–Crippen MR) is 69.0 cm³/mol. The highest BCUT2D eigenvalue weighted by atomic mass is 35.5. The molecule has 1 N–H and O–H groups in total. The van der Waals surface area contributed by atoms with Crippen LogP contribution in [0.3, 0.4) is 0 Å². The van der Waals surface area contributed by atoms with E-state index in [0.717, 1.165) is 0 Å². The second-order valence-electron chi connectivity index (χ2n) is 4.27. The van der Waals surface area contributed by atoms with E-state index in [2.05, 4.69) is 5.32 Å². The first-order chi connectivity index (χ1) is 8.31. The number of amides is 1. The Hall–Kier alpha value is -1.33. The Morgan fingerprint density at radius 2 is 2.17 bits per heavy atom. The summed E-state index contributed by atoms with van der Waals surface area (Å²) < 4.78 is -0.999. The number of rotatable bonds is 3. The fourth-order valence-corrected chi connectivity index (χ4v) is 2.12. The van der Waals surface area contributed by atoms with E-state index in [0.29, 0.717) is 17.7 Å². The van der Waals surface area contributed by atoms with Crippen molar-refractivity contribution in [2.24, 2.45) is 5.92 Å². The first kappa shape index (κ1) is 13.1. The molecule has 0 aliphatic heterocycles. The van der Waals surface area contributed by atoms with Crippen LogP contribution in [-0.4, -0.2) is 15.2 Å². The Kier molecular flexibility index (Phi) is 3.21. The lowest BCUT2D eigenvalue weighted by Crippen LogP contribution is -2.16. The molecule has 0 spiro atoms. The van der Waals surface area contributed by atoms with Gasteiger partial charge in [0.2, 0.25) is 5.91 Å². The van der Waals surface area contributed by atoms with Gasteiger partial charge in [0.15, 0.2) is 0 Å². The molecular formula is C11H10Cl2N2O3. The van der Waals surface area contributed by atoms with Crippen LogP contribution in [0.1, 0.15) is 12.0 Å². The number of hydrogen-bond acceptors (Lipinski definition) is 3. The smallest absolute Gasteiger partial charge is 0.274 e. The molecule has 0 aromatic heterocycles. The highest BCUT2D eigenvalue weighted by Crippen LogP contribution is 2.53. The number of halogens is 2. The maximum absolute atomic E-state index is 11.7. The summed E-state index contributed by atoms with van der Waals surface area (Å²) in [6.07, 6.45) is 0.399. The van der Waals surface area contributed by atoms with Gasteiger partial charge in [-0.3, -0.25) is 14.9 Å². The lowest BCUT2D eigenvalue weighted by molar-refractivity contribution is -0.385. The third-order valence-corrected chi connectivity index (χ3v) is 3.65. The molecule has 1 aromatic rings. The number of aryl methyl sites for hydroxylation is 1. The molecule has 1 atom stereocenters. The molecule has 7 heteroatoms. The molecule has 0 radical (unpaired) electrons. The Bertz CT molecular complexity index is 531. The van der Waals surface area contributed by atoms with Gasteiger partial charge < -0.3 is 5.32 Å². The average Bonchev–Trinajstić information content (AvgIpc) is 2.90. The van der Waals surface area contributed by atoms with Crippen molar-refractivity contribution in [3.8, 4) is 0 Å². The Morgan fingerprint density at radius 3 is 2.67 bits per heavy atom. The summed E-state index contributed by atoms with van der Waals surface area (Å²) in [5, 5.41) is 13.3. The normalized spacial score (nSPS) is 20.3. The van der Waals surface area contributed by atoms with Gasteiger partial charge in [-0.15, -0.1) is 23.2 Å². The molecule has 1 unspecified atom stereocenters. The van der Waals surface area contributed by atoms with Gasteiger partial charge in [0.05, 0.1) is 10.8 Å². The zero-order valence-corrected chi connectivity index (χ0v) is 11.0. The number of anilines is 1. The maximum atomic E-state index is 11.7. The molecule has 1 aliphatic carbocycles. The number of nitro groups is 1. The largest absolute Gasteiger partial charge is 0.326 e. The lowest BCUT2D eigenvalue weighted by atomic mass is 10.2. The standard InChI is InChI=1S/C11H10Cl2N2O3/c1-6-2-3-7(4-9(6)15(17)18)14-10(16)8-5-11(8,12)13/h2-4,8H,5H2,1H3,(H,14,16). The summed E-state index contributed by atoms with van der Waals surface area (Å²) in [5.74, 6) is -0.778. The number of carbonyl (C=O) groups is 1. The van der Waals surface area contributed by atoms with Crippen molar-refractivity contribution in [2.45, 2.75) is 17.7 Å². The van der Waals surface area contributed by atoms with Crippen LogP contribution in [0.5, 0.6) is 0 Å². The van der Waals surface area contributed by atoms with Crippen LogP contribution in [0.15, 0.2) is 18.2 Å². The van der Waals surface area contributed by atoms with E-state index in [1.807, 2.05) is 0 Å². The molecule has 18 heavy (non-hydrogen) atoms. The van der Waals surface area contributed by atoms with Gasteiger partial charge in [-0.25, -0.2) is 0 Å². The van der Waals surface area contributed by atoms with E-state index in [9.17, 15) is 14.9 Å². The molecule has 1 saturated carbocycles. The summed E-state index contributed by atoms with van der Waals surface area (Å²) in [6.45, 7) is 1.63. The monoisotopic (exact) mass is 288 g/mol. The van der Waals surface area contributed by atoms with Crippen molar-refractivity contribution >= 4 is 40.5 Å². The highest BCUT2D eigenvalue weighted by Gasteiger charge is 2.56. The first-order valence-corrected chi connectivity index (χ1v) is 6.00. The molecule has 1 amide bonds. The molecule has 0 saturated heterocycles. The van der Waals surface area contributed by atoms with Crippen LogP contribution in [-0.2, 0) is 4.79 Å². The minimum Gasteiger partial charge on any atom is -0.326 e. The van der Waals surface area contributed by atoms with Crippen LogP contribution >= 0.6 is 23.2 Å². The van der Waals surface area contributed by atoms with E-state index in [4.69, 9.17) is 23.2 Å². The topological polar surface area (TPSA) is 72.2 Å². The quantitative estimate of drug-likeness (QED) is 0.528. The molecule has 1 aliphatic rings. The third kappa shape index (κ3) is 2.57. The van der Waals surface area contributed by atoms with Gasteiger partial charge in [-0.2, -0.15) is 0 Å². The molecule has 2 rings (SSSR count). The van der Waals surface area contributed by atoms with E-state index in [1.54, 1.807) is 19.1 Å². The Labute approximate surface area is 113 Å². The Morgan fingerprint density at radius 1 is 1.56 bits per heavy atom. The van der Waals surface area contributed by atoms with Gasteiger partial charge in [0.1, 0.15) is 4.33 Å². The molecule has 0 bridgehead atoms. The highest BCUT2D eigenvalue weighted by molar-refractivity contribution is 6.52. The number of carbonyl (C=O) groups excluding carboxylic acids is 1. The zero-order chi connectivity index (χ0) is 13.5.